The van der Waals surface area contributed by atoms with Gasteiger partial charge in [-0.25, -0.2) is 0 Å². The van der Waals surface area contributed by atoms with Gasteiger partial charge in [0, 0.05) is 12.3 Å². The van der Waals surface area contributed by atoms with E-state index in [0.29, 0.717) is 13.1 Å². The molecular weight excluding hydrogens is 136 g/mol. The molecule has 0 bridgehead atoms. The predicted octanol–water partition coefficient (Wildman–Crippen LogP) is 0.592. The molecule has 0 aromatic heterocycles. The van der Waals surface area contributed by atoms with E-state index in [1.807, 2.05) is 6.07 Å². The molecule has 0 spiro atoms. The first-order valence-electron chi connectivity index (χ1n) is 3.02. The number of nitrogens with zero attached hydrogens (tertiary/aromatic N) is 2. The summed E-state index contributed by atoms with van der Waals surface area (Å²) in [7, 11) is 0. The fourth-order valence-electron chi connectivity index (χ4n) is 0.535. The first-order valence-corrected chi connectivity index (χ1v) is 3.02. The Hall–Kier alpha value is -1.85. The van der Waals surface area contributed by atoms with Gasteiger partial charge in [-0.2, -0.15) is 5.26 Å². The second kappa shape index (κ2) is 6.27. The van der Waals surface area contributed by atoms with Crippen molar-refractivity contribution >= 4 is 0 Å². The third-order valence-electron chi connectivity index (χ3n) is 0.949. The largest absolute Gasteiger partial charge is 0.355 e. The van der Waals surface area contributed by atoms with Crippen molar-refractivity contribution < 1.29 is 0 Å². The maximum absolute atomic E-state index is 8.18. The van der Waals surface area contributed by atoms with E-state index < -0.39 is 0 Å². The van der Waals surface area contributed by atoms with Crippen LogP contribution < -0.4 is 0 Å². The molecule has 0 rings (SSSR count). The van der Waals surface area contributed by atoms with Crippen molar-refractivity contribution in [3.63, 3.8) is 0 Å². The first-order chi connectivity index (χ1) is 5.35. The zero-order valence-corrected chi connectivity index (χ0v) is 6.12. The highest BCUT2D eigenvalue weighted by Crippen LogP contribution is 1.86. The van der Waals surface area contributed by atoms with E-state index in [0.717, 1.165) is 0 Å². The molecule has 0 unspecified atom stereocenters. The Kier molecular flexibility index (Phi) is 5.22. The molecule has 2 heteroatoms. The minimum Gasteiger partial charge on any atom is -0.355 e. The third kappa shape index (κ3) is 4.64. The van der Waals surface area contributed by atoms with Crippen molar-refractivity contribution in [1.29, 1.82) is 5.26 Å². The summed E-state index contributed by atoms with van der Waals surface area (Å²) in [6, 6.07) is 1.86. The molecule has 0 fully saturated rings. The van der Waals surface area contributed by atoms with Crippen LogP contribution in [0.3, 0.4) is 0 Å². The van der Waals surface area contributed by atoms with Crippen LogP contribution in [0.2, 0.25) is 0 Å². The average Bonchev–Trinajstić information content (AvgIpc) is 2.01. The number of hydrogen-bond donors (Lipinski definition) is 0. The van der Waals surface area contributed by atoms with E-state index in [9.17, 15) is 0 Å². The van der Waals surface area contributed by atoms with E-state index >= 15 is 0 Å². The van der Waals surface area contributed by atoms with Gasteiger partial charge in [-0.1, -0.05) is 11.8 Å². The highest BCUT2D eigenvalue weighted by Gasteiger charge is 1.90. The Morgan fingerprint density at radius 3 is 2.18 bits per heavy atom. The van der Waals surface area contributed by atoms with Gasteiger partial charge in [0.15, 0.2) is 0 Å². The van der Waals surface area contributed by atoms with Gasteiger partial charge in [-0.05, 0) is 0 Å². The fourth-order valence-corrected chi connectivity index (χ4v) is 0.535. The molecule has 2 nitrogen and oxygen atoms in total. The number of nitriles is 1. The monoisotopic (exact) mass is 144 g/mol. The van der Waals surface area contributed by atoms with Crippen LogP contribution >= 0.6 is 0 Å². The van der Waals surface area contributed by atoms with Gasteiger partial charge in [0.2, 0.25) is 0 Å². The molecule has 0 aliphatic rings. The molecular formula is C9H8N2. The van der Waals surface area contributed by atoms with Crippen molar-refractivity contribution in [3.8, 4) is 30.8 Å². The maximum Gasteiger partial charge on any atom is 0.0927 e. The number of hydrogen-bond acceptors (Lipinski definition) is 2. The van der Waals surface area contributed by atoms with Crippen LogP contribution in [0.5, 0.6) is 0 Å². The Morgan fingerprint density at radius 2 is 1.82 bits per heavy atom. The zero-order valence-electron chi connectivity index (χ0n) is 6.12. The lowest BCUT2D eigenvalue weighted by atomic mass is 10.5. The summed E-state index contributed by atoms with van der Waals surface area (Å²) in [6.45, 7) is 0.866. The molecule has 0 N–H and O–H groups in total. The molecule has 0 heterocycles. The Morgan fingerprint density at radius 1 is 1.27 bits per heavy atom. The third-order valence-corrected chi connectivity index (χ3v) is 0.949. The van der Waals surface area contributed by atoms with Crippen molar-refractivity contribution in [3.05, 3.63) is 12.3 Å². The fraction of sp³-hybridized carbons (Fsp3) is 0.222. The average molecular weight is 144 g/mol. The van der Waals surface area contributed by atoms with Gasteiger partial charge in [0.25, 0.3) is 0 Å². The summed E-state index contributed by atoms with van der Waals surface area (Å²) < 4.78 is 0. The first kappa shape index (κ1) is 9.15. The SMILES string of the molecule is C#CCN(/C=C/C#N)CC#C. The van der Waals surface area contributed by atoms with E-state index in [1.54, 1.807) is 11.1 Å². The van der Waals surface area contributed by atoms with Crippen LogP contribution in [-0.2, 0) is 0 Å². The standard InChI is InChI=1S/C9H8N2/c1-3-7-11(8-4-2)9-5-6-10/h1-2,5,9H,7-8H2/b9-5+. The van der Waals surface area contributed by atoms with E-state index in [-0.39, 0.29) is 0 Å². The minimum absolute atomic E-state index is 0.433. The summed E-state index contributed by atoms with van der Waals surface area (Å²) in [6.07, 6.45) is 13.0. The molecule has 11 heavy (non-hydrogen) atoms. The highest BCUT2D eigenvalue weighted by molar-refractivity contribution is 5.05. The molecule has 54 valence electrons. The molecule has 0 amide bonds. The van der Waals surface area contributed by atoms with Crippen LogP contribution in [0.4, 0.5) is 0 Å². The molecule has 0 aliphatic heterocycles. The van der Waals surface area contributed by atoms with Crippen molar-refractivity contribution in [1.82, 2.24) is 4.90 Å². The number of rotatable bonds is 3. The second-order valence-corrected chi connectivity index (χ2v) is 1.76. The van der Waals surface area contributed by atoms with Crippen LogP contribution in [0.25, 0.3) is 0 Å². The smallest absolute Gasteiger partial charge is 0.0927 e. The van der Waals surface area contributed by atoms with Crippen LogP contribution in [-0.4, -0.2) is 18.0 Å². The van der Waals surface area contributed by atoms with Gasteiger partial charge in [0.05, 0.1) is 19.2 Å². The lowest BCUT2D eigenvalue weighted by molar-refractivity contribution is 0.477. The highest BCUT2D eigenvalue weighted by atomic mass is 15.1. The van der Waals surface area contributed by atoms with Gasteiger partial charge in [-0.3, -0.25) is 0 Å². The lowest BCUT2D eigenvalue weighted by Crippen LogP contribution is -2.17. The maximum atomic E-state index is 8.18. The molecule has 0 saturated heterocycles. The molecule has 0 aromatic carbocycles. The Labute approximate surface area is 67.1 Å². The van der Waals surface area contributed by atoms with Crippen LogP contribution in [0.1, 0.15) is 0 Å². The summed E-state index contributed by atoms with van der Waals surface area (Å²) >= 11 is 0. The van der Waals surface area contributed by atoms with Crippen LogP contribution in [0.15, 0.2) is 12.3 Å². The molecule has 0 aromatic rings. The molecule has 0 radical (unpaired) electrons. The summed E-state index contributed by atoms with van der Waals surface area (Å²) in [4.78, 5) is 1.70. The second-order valence-electron chi connectivity index (χ2n) is 1.76. The normalized spacial score (nSPS) is 8.09. The van der Waals surface area contributed by atoms with Gasteiger partial charge < -0.3 is 4.90 Å². The van der Waals surface area contributed by atoms with Crippen LogP contribution in [0, 0.1) is 36.0 Å². The molecule has 0 atom stereocenters. The zero-order chi connectivity index (χ0) is 8.53. The van der Waals surface area contributed by atoms with Gasteiger partial charge in [0.1, 0.15) is 0 Å². The van der Waals surface area contributed by atoms with Gasteiger partial charge in [-0.15, -0.1) is 12.8 Å². The topological polar surface area (TPSA) is 27.0 Å². The number of allylic oxidation sites excluding steroid dienone is 1. The lowest BCUT2D eigenvalue weighted by Gasteiger charge is -2.11. The molecule has 0 saturated carbocycles. The van der Waals surface area contributed by atoms with E-state index in [1.165, 1.54) is 6.08 Å². The van der Waals surface area contributed by atoms with Crippen molar-refractivity contribution in [2.24, 2.45) is 0 Å². The van der Waals surface area contributed by atoms with Crippen molar-refractivity contribution in [2.75, 3.05) is 13.1 Å². The van der Waals surface area contributed by atoms with Crippen molar-refractivity contribution in [2.45, 2.75) is 0 Å². The van der Waals surface area contributed by atoms with E-state index in [4.69, 9.17) is 18.1 Å². The van der Waals surface area contributed by atoms with E-state index in [2.05, 4.69) is 11.8 Å². The van der Waals surface area contributed by atoms with Gasteiger partial charge >= 0.3 is 0 Å². The summed E-state index contributed by atoms with van der Waals surface area (Å²) in [5.74, 6) is 4.86. The number of terminal acetylenes is 2. The summed E-state index contributed by atoms with van der Waals surface area (Å²) in [5, 5.41) is 8.18. The Bertz CT molecular complexity index is 228. The predicted molar refractivity (Wildman–Crippen MR) is 44.0 cm³/mol. The minimum atomic E-state index is 0.433. The Balaban J connectivity index is 3.95. The summed E-state index contributed by atoms with van der Waals surface area (Å²) in [5.41, 5.74) is 0. The quantitative estimate of drug-likeness (QED) is 0.428. The molecule has 0 aliphatic carbocycles.